The molecule has 0 spiro atoms. The van der Waals surface area contributed by atoms with E-state index < -0.39 is 0 Å². The van der Waals surface area contributed by atoms with Crippen LogP contribution in [0, 0.1) is 6.92 Å². The molecule has 0 fully saturated rings. The Bertz CT molecular complexity index is 567. The third-order valence-electron chi connectivity index (χ3n) is 2.50. The first-order chi connectivity index (χ1) is 9.19. The van der Waals surface area contributed by atoms with E-state index in [4.69, 9.17) is 0 Å². The molecular weight excluding hydrogens is 260 g/mol. The predicted molar refractivity (Wildman–Crippen MR) is 76.4 cm³/mol. The smallest absolute Gasteiger partial charge is 0.251 e. The molecule has 1 heterocycles. The molecule has 0 aliphatic carbocycles. The predicted octanol–water partition coefficient (Wildman–Crippen LogP) is 2.21. The molecule has 5 nitrogen and oxygen atoms in total. The lowest BCUT2D eigenvalue weighted by Crippen LogP contribution is -2.22. The van der Waals surface area contributed by atoms with Gasteiger partial charge in [0.25, 0.3) is 5.91 Å². The minimum absolute atomic E-state index is 0.0453. The molecule has 0 bridgehead atoms. The summed E-state index contributed by atoms with van der Waals surface area (Å²) in [7, 11) is 0. The van der Waals surface area contributed by atoms with E-state index in [0.29, 0.717) is 18.7 Å². The van der Waals surface area contributed by atoms with Crippen molar-refractivity contribution in [3.05, 3.63) is 41.2 Å². The average molecular weight is 276 g/mol. The molecule has 2 rings (SSSR count). The van der Waals surface area contributed by atoms with Crippen LogP contribution in [-0.4, -0.2) is 21.8 Å². The standard InChI is InChI=1S/C13H16N4OS/c1-3-14-12(18)11-6-4-5-10(7-11)8-15-13-16-9(2)17-19-13/h4-7H,3,8H2,1-2H3,(H,14,18)(H,15,16,17). The summed E-state index contributed by atoms with van der Waals surface area (Å²) in [4.78, 5) is 16.0. The number of aromatic nitrogens is 2. The summed E-state index contributed by atoms with van der Waals surface area (Å²) in [5, 5.41) is 6.77. The molecule has 0 saturated carbocycles. The Morgan fingerprint density at radius 3 is 2.95 bits per heavy atom. The number of nitrogens with zero attached hydrogens (tertiary/aromatic N) is 2. The molecule has 19 heavy (non-hydrogen) atoms. The van der Waals surface area contributed by atoms with Crippen molar-refractivity contribution in [1.29, 1.82) is 0 Å². The average Bonchev–Trinajstić information content (AvgIpc) is 2.83. The second-order valence-electron chi connectivity index (χ2n) is 4.06. The number of hydrogen-bond acceptors (Lipinski definition) is 5. The number of nitrogens with one attached hydrogen (secondary N) is 2. The van der Waals surface area contributed by atoms with Gasteiger partial charge in [0, 0.05) is 30.2 Å². The SMILES string of the molecule is CCNC(=O)c1cccc(CNc2nc(C)ns2)c1. The van der Waals surface area contributed by atoms with Crippen molar-refractivity contribution in [2.45, 2.75) is 20.4 Å². The Morgan fingerprint density at radius 2 is 2.26 bits per heavy atom. The van der Waals surface area contributed by atoms with E-state index in [1.807, 2.05) is 38.1 Å². The summed E-state index contributed by atoms with van der Waals surface area (Å²) < 4.78 is 4.10. The zero-order valence-electron chi connectivity index (χ0n) is 10.9. The minimum Gasteiger partial charge on any atom is -0.356 e. The molecule has 0 atom stereocenters. The molecular formula is C13H16N4OS. The van der Waals surface area contributed by atoms with E-state index in [1.54, 1.807) is 0 Å². The van der Waals surface area contributed by atoms with Gasteiger partial charge in [-0.05, 0) is 31.5 Å². The number of amides is 1. The zero-order chi connectivity index (χ0) is 13.7. The molecule has 6 heteroatoms. The van der Waals surface area contributed by atoms with Crippen molar-refractivity contribution < 1.29 is 4.79 Å². The van der Waals surface area contributed by atoms with Gasteiger partial charge in [-0.2, -0.15) is 4.37 Å². The highest BCUT2D eigenvalue weighted by molar-refractivity contribution is 7.09. The van der Waals surface area contributed by atoms with Crippen molar-refractivity contribution in [2.24, 2.45) is 0 Å². The lowest BCUT2D eigenvalue weighted by molar-refractivity contribution is 0.0955. The molecule has 1 amide bonds. The first-order valence-electron chi connectivity index (χ1n) is 6.10. The highest BCUT2D eigenvalue weighted by Gasteiger charge is 2.05. The van der Waals surface area contributed by atoms with Gasteiger partial charge in [-0.1, -0.05) is 12.1 Å². The van der Waals surface area contributed by atoms with Crippen LogP contribution in [0.2, 0.25) is 0 Å². The van der Waals surface area contributed by atoms with Crippen LogP contribution in [0.25, 0.3) is 0 Å². The molecule has 1 aromatic heterocycles. The summed E-state index contributed by atoms with van der Waals surface area (Å²) in [5.74, 6) is 0.722. The van der Waals surface area contributed by atoms with Crippen LogP contribution in [0.3, 0.4) is 0 Å². The Morgan fingerprint density at radius 1 is 1.42 bits per heavy atom. The zero-order valence-corrected chi connectivity index (χ0v) is 11.8. The Labute approximate surface area is 116 Å². The van der Waals surface area contributed by atoms with E-state index >= 15 is 0 Å². The Kier molecular flexibility index (Phi) is 4.46. The van der Waals surface area contributed by atoms with E-state index in [-0.39, 0.29) is 5.91 Å². The first-order valence-corrected chi connectivity index (χ1v) is 6.87. The number of aryl methyl sites for hydroxylation is 1. The Hall–Kier alpha value is -1.95. The fourth-order valence-electron chi connectivity index (χ4n) is 1.63. The second kappa shape index (κ2) is 6.29. The number of anilines is 1. The summed E-state index contributed by atoms with van der Waals surface area (Å²) in [6.07, 6.45) is 0. The van der Waals surface area contributed by atoms with Crippen LogP contribution >= 0.6 is 11.5 Å². The van der Waals surface area contributed by atoms with Crippen LogP contribution in [0.4, 0.5) is 5.13 Å². The van der Waals surface area contributed by atoms with Crippen LogP contribution in [0.1, 0.15) is 28.7 Å². The molecule has 1 aromatic carbocycles. The molecule has 100 valence electrons. The van der Waals surface area contributed by atoms with Crippen molar-refractivity contribution >= 4 is 22.6 Å². The van der Waals surface area contributed by atoms with Crippen LogP contribution < -0.4 is 10.6 Å². The molecule has 2 aromatic rings. The largest absolute Gasteiger partial charge is 0.356 e. The van der Waals surface area contributed by atoms with Crippen molar-refractivity contribution in [2.75, 3.05) is 11.9 Å². The van der Waals surface area contributed by atoms with Gasteiger partial charge in [-0.15, -0.1) is 0 Å². The van der Waals surface area contributed by atoms with E-state index in [0.717, 1.165) is 16.5 Å². The van der Waals surface area contributed by atoms with Gasteiger partial charge >= 0.3 is 0 Å². The monoisotopic (exact) mass is 276 g/mol. The highest BCUT2D eigenvalue weighted by atomic mass is 32.1. The van der Waals surface area contributed by atoms with Crippen LogP contribution in [0.5, 0.6) is 0 Å². The van der Waals surface area contributed by atoms with Gasteiger partial charge in [0.15, 0.2) is 0 Å². The molecule has 0 radical (unpaired) electrons. The van der Waals surface area contributed by atoms with Gasteiger partial charge in [-0.3, -0.25) is 4.79 Å². The first kappa shape index (κ1) is 13.5. The van der Waals surface area contributed by atoms with Crippen molar-refractivity contribution in [1.82, 2.24) is 14.7 Å². The maximum Gasteiger partial charge on any atom is 0.251 e. The van der Waals surface area contributed by atoms with Gasteiger partial charge in [0.05, 0.1) is 0 Å². The van der Waals surface area contributed by atoms with E-state index in [2.05, 4.69) is 20.0 Å². The maximum atomic E-state index is 11.7. The number of carbonyl (C=O) groups is 1. The number of rotatable bonds is 5. The third-order valence-corrected chi connectivity index (χ3v) is 3.26. The molecule has 0 saturated heterocycles. The molecule has 2 N–H and O–H groups in total. The Balaban J connectivity index is 2.00. The molecule has 0 aliphatic rings. The van der Waals surface area contributed by atoms with Crippen molar-refractivity contribution in [3.8, 4) is 0 Å². The highest BCUT2D eigenvalue weighted by Crippen LogP contribution is 2.12. The van der Waals surface area contributed by atoms with Gasteiger partial charge in [-0.25, -0.2) is 4.98 Å². The normalized spacial score (nSPS) is 10.2. The van der Waals surface area contributed by atoms with Crippen LogP contribution in [-0.2, 0) is 6.54 Å². The minimum atomic E-state index is -0.0453. The van der Waals surface area contributed by atoms with Crippen LogP contribution in [0.15, 0.2) is 24.3 Å². The lowest BCUT2D eigenvalue weighted by Gasteiger charge is -2.06. The number of carbonyl (C=O) groups excluding carboxylic acids is 1. The van der Waals surface area contributed by atoms with E-state index in [1.165, 1.54) is 11.5 Å². The fraction of sp³-hybridized carbons (Fsp3) is 0.308. The van der Waals surface area contributed by atoms with Gasteiger partial charge < -0.3 is 10.6 Å². The summed E-state index contributed by atoms with van der Waals surface area (Å²) in [6, 6.07) is 7.55. The van der Waals surface area contributed by atoms with Gasteiger partial charge in [0.2, 0.25) is 5.13 Å². The second-order valence-corrected chi connectivity index (χ2v) is 4.81. The summed E-state index contributed by atoms with van der Waals surface area (Å²) >= 11 is 1.34. The molecule has 0 aliphatic heterocycles. The quantitative estimate of drug-likeness (QED) is 0.878. The number of benzene rings is 1. The fourth-order valence-corrected chi connectivity index (χ4v) is 2.20. The topological polar surface area (TPSA) is 66.9 Å². The van der Waals surface area contributed by atoms with Crippen molar-refractivity contribution in [3.63, 3.8) is 0 Å². The van der Waals surface area contributed by atoms with Gasteiger partial charge in [0.1, 0.15) is 5.82 Å². The third kappa shape index (κ3) is 3.75. The maximum absolute atomic E-state index is 11.7. The number of hydrogen-bond donors (Lipinski definition) is 2. The molecule has 0 unspecified atom stereocenters. The lowest BCUT2D eigenvalue weighted by atomic mass is 10.1. The van der Waals surface area contributed by atoms with E-state index in [9.17, 15) is 4.79 Å². The summed E-state index contributed by atoms with van der Waals surface area (Å²) in [6.45, 7) is 5.02. The summed E-state index contributed by atoms with van der Waals surface area (Å²) in [5.41, 5.74) is 1.71.